The van der Waals surface area contributed by atoms with Gasteiger partial charge in [-0.15, -0.1) is 0 Å². The van der Waals surface area contributed by atoms with Gasteiger partial charge in [0.1, 0.15) is 5.75 Å². The minimum absolute atomic E-state index is 0.00257. The highest BCUT2D eigenvalue weighted by molar-refractivity contribution is 7.54. The average Bonchev–Trinajstić information content (AvgIpc) is 3.51. The lowest BCUT2D eigenvalue weighted by atomic mass is 10.0. The van der Waals surface area contributed by atoms with Crippen LogP contribution in [0.5, 0.6) is 5.75 Å². The highest BCUT2D eigenvalue weighted by Gasteiger charge is 2.29. The van der Waals surface area contributed by atoms with E-state index in [2.05, 4.69) is 21.9 Å². The molecule has 0 fully saturated rings. The number of H-pyrrole nitrogens is 1. The summed E-state index contributed by atoms with van der Waals surface area (Å²) >= 11 is 0. The zero-order valence-corrected chi connectivity index (χ0v) is 31.0. The van der Waals surface area contributed by atoms with Gasteiger partial charge in [-0.1, -0.05) is 127 Å². The van der Waals surface area contributed by atoms with E-state index in [1.54, 1.807) is 10.6 Å². The van der Waals surface area contributed by atoms with E-state index < -0.39 is 19.3 Å². The Morgan fingerprint density at radius 1 is 0.840 bits per heavy atom. The Morgan fingerprint density at radius 3 is 2.20 bits per heavy atom. The van der Waals surface area contributed by atoms with Crippen LogP contribution >= 0.6 is 7.60 Å². The summed E-state index contributed by atoms with van der Waals surface area (Å²) in [5, 5.41) is 1.80. The Bertz CT molecular complexity index is 1650. The molecule has 11 nitrogen and oxygen atoms in total. The number of hydrogen-bond acceptors (Lipinski definition) is 9. The molecule has 2 aromatic carbocycles. The van der Waals surface area contributed by atoms with Gasteiger partial charge >= 0.3 is 7.60 Å². The third kappa shape index (κ3) is 13.5. The fourth-order valence-corrected chi connectivity index (χ4v) is 7.52. The van der Waals surface area contributed by atoms with Crippen LogP contribution in [0, 0.1) is 0 Å². The van der Waals surface area contributed by atoms with Crippen LogP contribution in [0.4, 0.5) is 5.95 Å². The van der Waals surface area contributed by atoms with Crippen LogP contribution in [0.25, 0.3) is 21.9 Å². The van der Waals surface area contributed by atoms with E-state index in [-0.39, 0.29) is 24.4 Å². The van der Waals surface area contributed by atoms with Gasteiger partial charge in [0.05, 0.1) is 25.6 Å². The average molecular weight is 712 g/mol. The minimum atomic E-state index is -3.74. The number of nitrogens with one attached hydrogen (secondary N) is 1. The maximum atomic E-state index is 14.1. The highest BCUT2D eigenvalue weighted by Crippen LogP contribution is 2.50. The Kier molecular flexibility index (Phi) is 17.3. The summed E-state index contributed by atoms with van der Waals surface area (Å²) in [5.74, 6) is 0.471. The molecule has 2 atom stereocenters. The summed E-state index contributed by atoms with van der Waals surface area (Å²) in [6, 6.07) is 13.4. The van der Waals surface area contributed by atoms with Gasteiger partial charge in [0.25, 0.3) is 5.56 Å². The third-order valence-electron chi connectivity index (χ3n) is 8.81. The molecule has 3 N–H and O–H groups in total. The molecule has 50 heavy (non-hydrogen) atoms. The van der Waals surface area contributed by atoms with Gasteiger partial charge in [0.15, 0.2) is 17.5 Å². The number of anilines is 1. The first-order chi connectivity index (χ1) is 24.4. The summed E-state index contributed by atoms with van der Waals surface area (Å²) in [5.41, 5.74) is 5.86. The lowest BCUT2D eigenvalue weighted by molar-refractivity contribution is 0.0701. The number of nitrogens with two attached hydrogens (primary N) is 1. The topological polar surface area (TPSA) is 144 Å². The number of imidazole rings is 1. The second-order valence-corrected chi connectivity index (χ2v) is 15.1. The van der Waals surface area contributed by atoms with Crippen molar-refractivity contribution >= 4 is 35.5 Å². The Morgan fingerprint density at radius 2 is 1.48 bits per heavy atom. The number of aromatic amines is 1. The van der Waals surface area contributed by atoms with Crippen molar-refractivity contribution in [1.29, 1.82) is 0 Å². The number of nitrogen functional groups attached to an aromatic ring is 1. The maximum absolute atomic E-state index is 14.1. The predicted molar refractivity (Wildman–Crippen MR) is 202 cm³/mol. The molecule has 0 aliphatic heterocycles. The van der Waals surface area contributed by atoms with Gasteiger partial charge in [-0.3, -0.25) is 14.3 Å². The molecular weight excluding hydrogens is 653 g/mol. The third-order valence-corrected chi connectivity index (χ3v) is 10.3. The molecule has 0 saturated carbocycles. The number of rotatable bonds is 27. The van der Waals surface area contributed by atoms with Crippen molar-refractivity contribution in [1.82, 2.24) is 19.5 Å². The first-order valence-electron chi connectivity index (χ1n) is 18.7. The number of ether oxygens (including phenoxy) is 2. The van der Waals surface area contributed by atoms with Crippen LogP contribution in [-0.4, -0.2) is 51.8 Å². The zero-order chi connectivity index (χ0) is 35.4. The number of unbranched alkanes of at least 4 members (excludes halogenated alkanes) is 13. The lowest BCUT2D eigenvalue weighted by Crippen LogP contribution is -2.19. The van der Waals surface area contributed by atoms with E-state index in [4.69, 9.17) is 24.3 Å². The zero-order valence-electron chi connectivity index (χ0n) is 30.2. The smallest absolute Gasteiger partial charge is 0.404 e. The molecule has 0 aliphatic carbocycles. The van der Waals surface area contributed by atoms with Crippen molar-refractivity contribution in [2.45, 2.75) is 123 Å². The summed E-state index contributed by atoms with van der Waals surface area (Å²) in [7, 11) is -3.74. The van der Waals surface area contributed by atoms with Crippen molar-refractivity contribution in [2.75, 3.05) is 31.9 Å². The molecule has 2 aromatic heterocycles. The van der Waals surface area contributed by atoms with Crippen molar-refractivity contribution in [3.63, 3.8) is 0 Å². The number of hydrogen-bond donors (Lipinski definition) is 2. The monoisotopic (exact) mass is 711 g/mol. The second kappa shape index (κ2) is 21.9. The lowest BCUT2D eigenvalue weighted by Gasteiger charge is -2.22. The molecule has 0 radical (unpaired) electrons. The van der Waals surface area contributed by atoms with E-state index in [0.29, 0.717) is 31.0 Å². The summed E-state index contributed by atoms with van der Waals surface area (Å²) in [6.07, 6.45) is 20.0. The van der Waals surface area contributed by atoms with Gasteiger partial charge in [0, 0.05) is 18.6 Å². The van der Waals surface area contributed by atoms with Gasteiger partial charge in [0.2, 0.25) is 5.95 Å². The first kappa shape index (κ1) is 39.5. The van der Waals surface area contributed by atoms with E-state index in [0.717, 1.165) is 23.8 Å². The minimum Gasteiger partial charge on any atom is -0.422 e. The highest BCUT2D eigenvalue weighted by atomic mass is 31.2. The van der Waals surface area contributed by atoms with Gasteiger partial charge < -0.3 is 24.3 Å². The molecule has 2 heterocycles. The van der Waals surface area contributed by atoms with Crippen molar-refractivity contribution in [2.24, 2.45) is 0 Å². The molecule has 0 aliphatic rings. The maximum Gasteiger partial charge on any atom is 0.404 e. The first-order valence-corrected chi connectivity index (χ1v) is 20.4. The Labute approximate surface area is 297 Å². The molecule has 4 rings (SSSR count). The van der Waals surface area contributed by atoms with Crippen LogP contribution in [0.15, 0.2) is 53.6 Å². The summed E-state index contributed by atoms with van der Waals surface area (Å²) in [6.45, 7) is 5.85. The van der Waals surface area contributed by atoms with Crippen LogP contribution in [0.1, 0.15) is 110 Å². The molecule has 0 amide bonds. The fraction of sp³-hybridized carbons (Fsp3) is 0.605. The van der Waals surface area contributed by atoms with Gasteiger partial charge in [-0.05, 0) is 31.2 Å². The van der Waals surface area contributed by atoms with Gasteiger partial charge in [-0.25, -0.2) is 9.55 Å². The number of benzene rings is 2. The van der Waals surface area contributed by atoms with Crippen LogP contribution in [0.2, 0.25) is 0 Å². The van der Waals surface area contributed by atoms with Gasteiger partial charge in [-0.2, -0.15) is 4.98 Å². The molecule has 0 spiro atoms. The van der Waals surface area contributed by atoms with E-state index in [9.17, 15) is 9.36 Å². The van der Waals surface area contributed by atoms with E-state index >= 15 is 0 Å². The van der Waals surface area contributed by atoms with Crippen LogP contribution in [-0.2, 0) is 25.1 Å². The number of aromatic nitrogens is 4. The predicted octanol–water partition coefficient (Wildman–Crippen LogP) is 9.39. The molecule has 0 bridgehead atoms. The molecule has 4 aromatic rings. The van der Waals surface area contributed by atoms with E-state index in [1.807, 2.05) is 43.3 Å². The number of nitrogens with zero attached hydrogens (tertiary/aromatic N) is 3. The standard InChI is InChI=1S/C38H58N5O6P/c1-3-4-5-6-7-8-9-10-11-12-13-14-15-18-25-46-26-20-27-48-50(45,49-34-24-19-22-32-21-16-17-23-33(32)34)30-47-31(2)28-43-29-40-35-36(43)41-38(39)42-37(35)44/h16-17,19,21-24,29,31H,3-15,18,20,25-28,30H2,1-2H3,(H3,39,41,42,44). The molecule has 2 unspecified atom stereocenters. The largest absolute Gasteiger partial charge is 0.422 e. The van der Waals surface area contributed by atoms with Crippen molar-refractivity contribution < 1.29 is 23.1 Å². The Balaban J connectivity index is 1.16. The second-order valence-electron chi connectivity index (χ2n) is 13.2. The number of fused-ring (bicyclic) bond motifs is 2. The van der Waals surface area contributed by atoms with Crippen LogP contribution in [0.3, 0.4) is 0 Å². The molecular formula is C38H58N5O6P. The molecule has 12 heteroatoms. The molecule has 276 valence electrons. The Hall–Kier alpha value is -3.24. The SMILES string of the molecule is CCCCCCCCCCCCCCCCOCCCOP(=O)(COC(C)Cn1cnc2c(=O)[nH]c(N)nc21)Oc1cccc2ccccc12. The van der Waals surface area contributed by atoms with Crippen molar-refractivity contribution in [3.05, 3.63) is 59.1 Å². The molecule has 0 saturated heterocycles. The summed E-state index contributed by atoms with van der Waals surface area (Å²) in [4.78, 5) is 23.0. The summed E-state index contributed by atoms with van der Waals surface area (Å²) < 4.78 is 39.7. The van der Waals surface area contributed by atoms with E-state index in [1.165, 1.54) is 89.8 Å². The quantitative estimate of drug-likeness (QED) is 0.0457. The van der Waals surface area contributed by atoms with Crippen molar-refractivity contribution in [3.8, 4) is 5.75 Å². The fourth-order valence-electron chi connectivity index (χ4n) is 6.03. The normalized spacial score (nSPS) is 13.6. The van der Waals surface area contributed by atoms with Crippen LogP contribution < -0.4 is 15.8 Å².